The maximum Gasteiger partial charge on any atom is 0.251 e. The lowest BCUT2D eigenvalue weighted by atomic mass is 9.99. The quantitative estimate of drug-likeness (QED) is 0.401. The minimum Gasteiger partial charge on any atom is -0.491 e. The van der Waals surface area contributed by atoms with Crippen molar-refractivity contribution >= 4 is 11.6 Å². The summed E-state index contributed by atoms with van der Waals surface area (Å²) in [5, 5.41) is 3.14. The van der Waals surface area contributed by atoms with Crippen LogP contribution in [0.2, 0.25) is 0 Å². The van der Waals surface area contributed by atoms with Crippen molar-refractivity contribution in [2.45, 2.75) is 52.6 Å². The Kier molecular flexibility index (Phi) is 10.3. The molecule has 1 fully saturated rings. The average molecular weight is 556 g/mol. The highest BCUT2D eigenvalue weighted by Gasteiger charge is 2.15. The number of amides is 1. The molecule has 6 nitrogen and oxygen atoms in total. The molecular weight excluding hydrogens is 510 g/mol. The fourth-order valence-corrected chi connectivity index (χ4v) is 5.87. The van der Waals surface area contributed by atoms with Crippen molar-refractivity contribution in [3.63, 3.8) is 0 Å². The van der Waals surface area contributed by atoms with Crippen molar-refractivity contribution in [1.82, 2.24) is 10.2 Å². The second-order valence-electron chi connectivity index (χ2n) is 11.8. The molecule has 5 rings (SSSR count). The third kappa shape index (κ3) is 8.57. The topological polar surface area (TPSA) is 54.0 Å². The zero-order valence-corrected chi connectivity index (χ0v) is 24.7. The van der Waals surface area contributed by atoms with Gasteiger partial charge in [-0.3, -0.25) is 9.69 Å². The SMILES string of the molecule is CC(C)CN1CCOCCOc2ccc(C(=O)NCc3cccc(N4CCCCC4)c3)cc2Cc2cccc(c2)C1. The molecule has 2 bridgehead atoms. The zero-order chi connectivity index (χ0) is 28.4. The van der Waals surface area contributed by atoms with E-state index in [2.05, 4.69) is 77.5 Å². The Labute approximate surface area is 245 Å². The third-order valence-corrected chi connectivity index (χ3v) is 7.86. The van der Waals surface area contributed by atoms with Crippen LogP contribution in [-0.2, 0) is 24.2 Å². The van der Waals surface area contributed by atoms with Gasteiger partial charge in [-0.25, -0.2) is 0 Å². The summed E-state index contributed by atoms with van der Waals surface area (Å²) in [6.45, 7) is 11.8. The van der Waals surface area contributed by atoms with Crippen molar-refractivity contribution in [3.05, 3.63) is 94.5 Å². The highest BCUT2D eigenvalue weighted by Crippen LogP contribution is 2.25. The van der Waals surface area contributed by atoms with Gasteiger partial charge in [-0.15, -0.1) is 0 Å². The van der Waals surface area contributed by atoms with E-state index < -0.39 is 0 Å². The number of hydrogen-bond donors (Lipinski definition) is 1. The number of hydrogen-bond acceptors (Lipinski definition) is 5. The second kappa shape index (κ2) is 14.5. The molecule has 1 N–H and O–H groups in total. The Bertz CT molecular complexity index is 1290. The van der Waals surface area contributed by atoms with E-state index >= 15 is 0 Å². The number of benzene rings is 3. The lowest BCUT2D eigenvalue weighted by Crippen LogP contribution is -2.31. The number of fused-ring (bicyclic) bond motifs is 3. The molecule has 1 saturated heterocycles. The lowest BCUT2D eigenvalue weighted by molar-refractivity contribution is 0.0746. The molecule has 218 valence electrons. The first kappa shape index (κ1) is 29.2. The van der Waals surface area contributed by atoms with E-state index in [0.29, 0.717) is 44.3 Å². The normalized spacial score (nSPS) is 16.9. The van der Waals surface area contributed by atoms with Gasteiger partial charge in [-0.1, -0.05) is 50.2 Å². The van der Waals surface area contributed by atoms with E-state index in [-0.39, 0.29) is 5.91 Å². The van der Waals surface area contributed by atoms with E-state index in [1.165, 1.54) is 36.1 Å². The number of nitrogens with one attached hydrogen (secondary N) is 1. The van der Waals surface area contributed by atoms with Crippen LogP contribution in [0.4, 0.5) is 5.69 Å². The smallest absolute Gasteiger partial charge is 0.251 e. The van der Waals surface area contributed by atoms with Crippen LogP contribution in [0.25, 0.3) is 0 Å². The number of rotatable bonds is 6. The average Bonchev–Trinajstić information content (AvgIpc) is 2.98. The number of carbonyl (C=O) groups is 1. The molecule has 41 heavy (non-hydrogen) atoms. The third-order valence-electron chi connectivity index (χ3n) is 7.86. The molecule has 2 heterocycles. The molecule has 0 atom stereocenters. The van der Waals surface area contributed by atoms with Gasteiger partial charge in [0.05, 0.1) is 13.2 Å². The Balaban J connectivity index is 1.30. The summed E-state index contributed by atoms with van der Waals surface area (Å²) in [6.07, 6.45) is 4.51. The molecule has 3 aromatic carbocycles. The van der Waals surface area contributed by atoms with Crippen molar-refractivity contribution < 1.29 is 14.3 Å². The number of piperidine rings is 1. The maximum atomic E-state index is 13.3. The van der Waals surface area contributed by atoms with Crippen LogP contribution in [0, 0.1) is 5.92 Å². The molecule has 0 aliphatic carbocycles. The molecule has 0 saturated carbocycles. The summed E-state index contributed by atoms with van der Waals surface area (Å²) < 4.78 is 12.1. The van der Waals surface area contributed by atoms with Gasteiger partial charge in [0.15, 0.2) is 0 Å². The molecule has 2 aliphatic heterocycles. The summed E-state index contributed by atoms with van der Waals surface area (Å²) in [5.41, 5.74) is 6.54. The van der Waals surface area contributed by atoms with Gasteiger partial charge in [0.2, 0.25) is 0 Å². The molecule has 1 amide bonds. The lowest BCUT2D eigenvalue weighted by Gasteiger charge is -2.29. The predicted octanol–water partition coefficient (Wildman–Crippen LogP) is 6.06. The van der Waals surface area contributed by atoms with Crippen LogP contribution in [0.15, 0.2) is 66.7 Å². The van der Waals surface area contributed by atoms with Crippen LogP contribution >= 0.6 is 0 Å². The largest absolute Gasteiger partial charge is 0.491 e. The van der Waals surface area contributed by atoms with Gasteiger partial charge < -0.3 is 19.7 Å². The van der Waals surface area contributed by atoms with Gasteiger partial charge in [-0.2, -0.15) is 0 Å². The predicted molar refractivity (Wildman–Crippen MR) is 166 cm³/mol. The molecule has 0 spiro atoms. The second-order valence-corrected chi connectivity index (χ2v) is 11.8. The molecule has 6 heteroatoms. The van der Waals surface area contributed by atoms with Gasteiger partial charge in [0, 0.05) is 56.9 Å². The summed E-state index contributed by atoms with van der Waals surface area (Å²) in [6, 6.07) is 23.1. The monoisotopic (exact) mass is 555 g/mol. The summed E-state index contributed by atoms with van der Waals surface area (Å²) >= 11 is 0. The summed E-state index contributed by atoms with van der Waals surface area (Å²) in [7, 11) is 0. The fraction of sp³-hybridized carbons (Fsp3) is 0.457. The van der Waals surface area contributed by atoms with Crippen molar-refractivity contribution in [1.29, 1.82) is 0 Å². The van der Waals surface area contributed by atoms with Gasteiger partial charge >= 0.3 is 0 Å². The number of anilines is 1. The number of nitrogens with zero attached hydrogens (tertiary/aromatic N) is 2. The standard InChI is InChI=1S/C35H45N3O3/c1-27(2)25-37-16-17-40-18-19-41-34-13-12-31(23-32(34)21-28-8-6-10-30(20-28)26-37)35(39)36-24-29-9-7-11-33(22-29)38-14-4-3-5-15-38/h6-13,20,22-23,27H,3-5,14-19,21,24-26H2,1-2H3,(H,36,39). The minimum atomic E-state index is -0.0722. The minimum absolute atomic E-state index is 0.0722. The van der Waals surface area contributed by atoms with Gasteiger partial charge in [0.1, 0.15) is 12.4 Å². The fourth-order valence-electron chi connectivity index (χ4n) is 5.87. The van der Waals surface area contributed by atoms with E-state index in [4.69, 9.17) is 9.47 Å². The van der Waals surface area contributed by atoms with E-state index in [9.17, 15) is 4.79 Å². The van der Waals surface area contributed by atoms with Crippen molar-refractivity contribution in [2.24, 2.45) is 5.92 Å². The van der Waals surface area contributed by atoms with Crippen molar-refractivity contribution in [2.75, 3.05) is 50.9 Å². The van der Waals surface area contributed by atoms with E-state index in [1.54, 1.807) is 0 Å². The molecule has 0 aromatic heterocycles. The summed E-state index contributed by atoms with van der Waals surface area (Å²) in [5.74, 6) is 1.33. The molecule has 0 unspecified atom stereocenters. The Morgan fingerprint density at radius 2 is 1.71 bits per heavy atom. The van der Waals surface area contributed by atoms with Crippen LogP contribution in [0.5, 0.6) is 5.75 Å². The Morgan fingerprint density at radius 1 is 0.878 bits per heavy atom. The first-order chi connectivity index (χ1) is 20.0. The number of ether oxygens (including phenoxy) is 2. The highest BCUT2D eigenvalue weighted by atomic mass is 16.5. The van der Waals surface area contributed by atoms with Crippen LogP contribution < -0.4 is 15.0 Å². The van der Waals surface area contributed by atoms with Crippen molar-refractivity contribution in [3.8, 4) is 5.75 Å². The van der Waals surface area contributed by atoms with Gasteiger partial charge in [-0.05, 0) is 77.8 Å². The van der Waals surface area contributed by atoms with E-state index in [0.717, 1.165) is 49.6 Å². The number of carbonyl (C=O) groups excluding carboxylic acids is 1. The molecular formula is C35H45N3O3. The Morgan fingerprint density at radius 3 is 2.56 bits per heavy atom. The first-order valence-corrected chi connectivity index (χ1v) is 15.3. The Hall–Kier alpha value is -3.35. The summed E-state index contributed by atoms with van der Waals surface area (Å²) in [4.78, 5) is 18.2. The highest BCUT2D eigenvalue weighted by molar-refractivity contribution is 5.94. The molecule has 2 aliphatic rings. The molecule has 3 aromatic rings. The van der Waals surface area contributed by atoms with Gasteiger partial charge in [0.25, 0.3) is 5.91 Å². The molecule has 0 radical (unpaired) electrons. The van der Waals surface area contributed by atoms with Crippen LogP contribution in [0.1, 0.15) is 65.7 Å². The maximum absolute atomic E-state index is 13.3. The van der Waals surface area contributed by atoms with Crippen LogP contribution in [-0.4, -0.2) is 56.8 Å². The zero-order valence-electron chi connectivity index (χ0n) is 24.7. The van der Waals surface area contributed by atoms with Crippen LogP contribution in [0.3, 0.4) is 0 Å². The first-order valence-electron chi connectivity index (χ1n) is 15.3. The van der Waals surface area contributed by atoms with E-state index in [1.807, 2.05) is 18.2 Å².